The average Bonchev–Trinajstić information content (AvgIpc) is 3.01. The van der Waals surface area contributed by atoms with Crippen LogP contribution in [0.1, 0.15) is 57.5 Å². The van der Waals surface area contributed by atoms with E-state index in [-0.39, 0.29) is 11.9 Å². The monoisotopic (exact) mass is 345 g/mol. The van der Waals surface area contributed by atoms with Crippen molar-refractivity contribution in [3.8, 4) is 0 Å². The van der Waals surface area contributed by atoms with Gasteiger partial charge in [0.05, 0.1) is 5.69 Å². The van der Waals surface area contributed by atoms with Crippen molar-refractivity contribution in [3.05, 3.63) is 11.5 Å². The van der Waals surface area contributed by atoms with Gasteiger partial charge in [-0.2, -0.15) is 4.98 Å². The molecule has 2 aromatic rings. The fourth-order valence-electron chi connectivity index (χ4n) is 3.13. The summed E-state index contributed by atoms with van der Waals surface area (Å²) in [5.74, 6) is 1.58. The molecule has 3 rings (SSSR count). The molecule has 0 spiro atoms. The second-order valence-electron chi connectivity index (χ2n) is 6.84. The van der Waals surface area contributed by atoms with Crippen LogP contribution in [0.4, 0.5) is 5.82 Å². The van der Waals surface area contributed by atoms with Crippen molar-refractivity contribution < 1.29 is 9.32 Å². The van der Waals surface area contributed by atoms with Crippen LogP contribution in [-0.2, 0) is 11.2 Å². The Kier molecular flexibility index (Phi) is 5.50. The van der Waals surface area contributed by atoms with E-state index in [1.807, 2.05) is 13.8 Å². The number of aromatic nitrogens is 3. The zero-order valence-electron chi connectivity index (χ0n) is 15.3. The third-order valence-corrected chi connectivity index (χ3v) is 4.78. The van der Waals surface area contributed by atoms with E-state index in [1.165, 1.54) is 19.3 Å². The molecule has 2 aromatic heterocycles. The Morgan fingerprint density at radius 1 is 1.28 bits per heavy atom. The normalized spacial score (nSPS) is 16.2. The molecule has 0 bridgehead atoms. The van der Waals surface area contributed by atoms with Gasteiger partial charge in [-0.15, -0.1) is 0 Å². The number of rotatable bonds is 6. The van der Waals surface area contributed by atoms with Crippen molar-refractivity contribution >= 4 is 22.8 Å². The molecule has 136 valence electrons. The molecule has 1 aliphatic rings. The van der Waals surface area contributed by atoms with Crippen LogP contribution < -0.4 is 10.2 Å². The van der Waals surface area contributed by atoms with E-state index in [4.69, 9.17) is 9.51 Å². The molecule has 1 aliphatic heterocycles. The summed E-state index contributed by atoms with van der Waals surface area (Å²) in [6, 6.07) is 0.191. The van der Waals surface area contributed by atoms with E-state index in [0.717, 1.165) is 36.4 Å². The molecule has 7 nitrogen and oxygen atoms in total. The van der Waals surface area contributed by atoms with Gasteiger partial charge in [-0.1, -0.05) is 12.1 Å². The predicted octanol–water partition coefficient (Wildman–Crippen LogP) is 2.76. The van der Waals surface area contributed by atoms with Crippen LogP contribution in [-0.4, -0.2) is 40.2 Å². The maximum absolute atomic E-state index is 12.0. The fraction of sp³-hybridized carbons (Fsp3) is 0.667. The van der Waals surface area contributed by atoms with Gasteiger partial charge in [-0.05, 0) is 39.5 Å². The van der Waals surface area contributed by atoms with Crippen LogP contribution in [0.25, 0.3) is 11.1 Å². The summed E-state index contributed by atoms with van der Waals surface area (Å²) >= 11 is 0. The molecule has 1 atom stereocenters. The molecule has 0 radical (unpaired) electrons. The van der Waals surface area contributed by atoms with Crippen LogP contribution >= 0.6 is 0 Å². The Morgan fingerprint density at radius 2 is 2.04 bits per heavy atom. The molecule has 1 N–H and O–H groups in total. The zero-order valence-corrected chi connectivity index (χ0v) is 15.3. The lowest BCUT2D eigenvalue weighted by Gasteiger charge is -2.28. The third kappa shape index (κ3) is 4.08. The van der Waals surface area contributed by atoms with Gasteiger partial charge in [-0.3, -0.25) is 4.79 Å². The number of carbonyl (C=O) groups excluding carboxylic acids is 1. The van der Waals surface area contributed by atoms with Gasteiger partial charge in [0.15, 0.2) is 0 Å². The third-order valence-electron chi connectivity index (χ3n) is 4.78. The molecule has 1 saturated heterocycles. The van der Waals surface area contributed by atoms with Crippen molar-refractivity contribution in [2.45, 2.75) is 65.3 Å². The number of nitrogens with zero attached hydrogens (tertiary/aromatic N) is 4. The van der Waals surface area contributed by atoms with Gasteiger partial charge >= 0.3 is 0 Å². The Balaban J connectivity index is 1.80. The number of piperidine rings is 1. The van der Waals surface area contributed by atoms with Crippen LogP contribution in [0.15, 0.2) is 4.52 Å². The SMILES string of the molecule is CCC(C)NC(=O)CCc1nc(N2CCCCC2)c2c(C)noc2n1. The first-order valence-electron chi connectivity index (χ1n) is 9.25. The topological polar surface area (TPSA) is 84.2 Å². The summed E-state index contributed by atoms with van der Waals surface area (Å²) in [7, 11) is 0. The van der Waals surface area contributed by atoms with Gasteiger partial charge in [0.2, 0.25) is 5.91 Å². The van der Waals surface area contributed by atoms with Crippen LogP contribution in [0.3, 0.4) is 0 Å². The second-order valence-corrected chi connectivity index (χ2v) is 6.84. The minimum atomic E-state index is 0.0336. The highest BCUT2D eigenvalue weighted by molar-refractivity contribution is 5.88. The number of aryl methyl sites for hydroxylation is 2. The molecule has 0 saturated carbocycles. The van der Waals surface area contributed by atoms with Crippen molar-refractivity contribution in [2.24, 2.45) is 0 Å². The molecule has 1 fully saturated rings. The van der Waals surface area contributed by atoms with E-state index in [0.29, 0.717) is 24.4 Å². The van der Waals surface area contributed by atoms with Crippen LogP contribution in [0, 0.1) is 6.92 Å². The summed E-state index contributed by atoms with van der Waals surface area (Å²) in [6.07, 6.45) is 5.40. The first kappa shape index (κ1) is 17.6. The molecule has 1 amide bonds. The van der Waals surface area contributed by atoms with Gasteiger partial charge in [-0.25, -0.2) is 4.98 Å². The van der Waals surface area contributed by atoms with Crippen molar-refractivity contribution in [1.29, 1.82) is 0 Å². The quantitative estimate of drug-likeness (QED) is 0.866. The number of nitrogens with one attached hydrogen (secondary N) is 1. The van der Waals surface area contributed by atoms with Gasteiger partial charge in [0, 0.05) is 32.0 Å². The lowest BCUT2D eigenvalue weighted by molar-refractivity contribution is -0.121. The summed E-state index contributed by atoms with van der Waals surface area (Å²) in [4.78, 5) is 23.6. The van der Waals surface area contributed by atoms with Crippen molar-refractivity contribution in [1.82, 2.24) is 20.4 Å². The first-order chi connectivity index (χ1) is 12.1. The van der Waals surface area contributed by atoms with E-state index < -0.39 is 0 Å². The molecule has 7 heteroatoms. The largest absolute Gasteiger partial charge is 0.356 e. The summed E-state index contributed by atoms with van der Waals surface area (Å²) < 4.78 is 5.38. The zero-order chi connectivity index (χ0) is 17.8. The minimum absolute atomic E-state index is 0.0336. The maximum Gasteiger partial charge on any atom is 0.263 e. The van der Waals surface area contributed by atoms with E-state index in [2.05, 4.69) is 27.3 Å². The maximum atomic E-state index is 12.0. The Bertz CT molecular complexity index is 736. The molecule has 1 unspecified atom stereocenters. The highest BCUT2D eigenvalue weighted by Gasteiger charge is 2.21. The molecular weight excluding hydrogens is 318 g/mol. The minimum Gasteiger partial charge on any atom is -0.356 e. The number of hydrogen-bond acceptors (Lipinski definition) is 6. The lowest BCUT2D eigenvalue weighted by atomic mass is 10.1. The summed E-state index contributed by atoms with van der Waals surface area (Å²) in [6.45, 7) is 7.96. The second kappa shape index (κ2) is 7.80. The van der Waals surface area contributed by atoms with E-state index in [9.17, 15) is 4.79 Å². The van der Waals surface area contributed by atoms with Crippen molar-refractivity contribution in [3.63, 3.8) is 0 Å². The van der Waals surface area contributed by atoms with Gasteiger partial charge in [0.1, 0.15) is 17.0 Å². The lowest BCUT2D eigenvalue weighted by Crippen LogP contribution is -2.32. The molecule has 0 aliphatic carbocycles. The van der Waals surface area contributed by atoms with Crippen LogP contribution in [0.2, 0.25) is 0 Å². The highest BCUT2D eigenvalue weighted by Crippen LogP contribution is 2.29. The van der Waals surface area contributed by atoms with E-state index >= 15 is 0 Å². The van der Waals surface area contributed by atoms with Gasteiger partial charge in [0.25, 0.3) is 5.71 Å². The Morgan fingerprint density at radius 3 is 2.76 bits per heavy atom. The summed E-state index contributed by atoms with van der Waals surface area (Å²) in [5, 5.41) is 7.93. The highest BCUT2D eigenvalue weighted by atomic mass is 16.5. The van der Waals surface area contributed by atoms with Crippen molar-refractivity contribution in [2.75, 3.05) is 18.0 Å². The average molecular weight is 345 g/mol. The summed E-state index contributed by atoms with van der Waals surface area (Å²) in [5.41, 5.74) is 1.34. The fourth-order valence-corrected chi connectivity index (χ4v) is 3.13. The predicted molar refractivity (Wildman–Crippen MR) is 96.6 cm³/mol. The Hall–Kier alpha value is -2.18. The Labute approximate surface area is 148 Å². The van der Waals surface area contributed by atoms with Gasteiger partial charge < -0.3 is 14.7 Å². The van der Waals surface area contributed by atoms with Crippen LogP contribution in [0.5, 0.6) is 0 Å². The van der Waals surface area contributed by atoms with E-state index in [1.54, 1.807) is 0 Å². The number of fused-ring (bicyclic) bond motifs is 1. The first-order valence-corrected chi connectivity index (χ1v) is 9.25. The number of carbonyl (C=O) groups is 1. The smallest absolute Gasteiger partial charge is 0.263 e. The standard InChI is InChI=1S/C18H27N5O2/c1-4-12(2)19-15(24)9-8-14-20-17(23-10-6-5-7-11-23)16-13(3)22-25-18(16)21-14/h12H,4-11H2,1-3H3,(H,19,24). The number of amides is 1. The molecule has 3 heterocycles. The number of anilines is 1. The number of hydrogen-bond donors (Lipinski definition) is 1. The molecular formula is C18H27N5O2. The molecule has 25 heavy (non-hydrogen) atoms. The molecule has 0 aromatic carbocycles.